The predicted molar refractivity (Wildman–Crippen MR) is 132 cm³/mol. The summed E-state index contributed by atoms with van der Waals surface area (Å²) in [5, 5.41) is 23.6. The minimum Gasteiger partial charge on any atom is -0.484 e. The molecule has 0 bridgehead atoms. The largest absolute Gasteiger partial charge is 0.484 e. The first-order valence-corrected chi connectivity index (χ1v) is 12.8. The van der Waals surface area contributed by atoms with E-state index in [1.165, 1.54) is 16.2 Å². The number of ether oxygens (including phenoxy) is 1. The van der Waals surface area contributed by atoms with E-state index in [0.29, 0.717) is 33.3 Å². The molecule has 0 aliphatic heterocycles. The summed E-state index contributed by atoms with van der Waals surface area (Å²) in [6.45, 7) is 2.36. The molecule has 0 saturated heterocycles. The molecule has 1 unspecified atom stereocenters. The number of benzene rings is 2. The van der Waals surface area contributed by atoms with Crippen LogP contribution in [0.4, 0.5) is 5.00 Å². The van der Waals surface area contributed by atoms with E-state index in [2.05, 4.69) is 28.5 Å². The number of thioether (sulfide) groups is 1. The van der Waals surface area contributed by atoms with Crippen LogP contribution < -0.4 is 10.1 Å². The highest BCUT2D eigenvalue weighted by Gasteiger charge is 2.24. The van der Waals surface area contributed by atoms with Crippen molar-refractivity contribution < 1.29 is 13.9 Å². The summed E-state index contributed by atoms with van der Waals surface area (Å²) >= 11 is 2.67. The molecule has 34 heavy (non-hydrogen) atoms. The summed E-state index contributed by atoms with van der Waals surface area (Å²) in [6.07, 6.45) is 2.93. The highest BCUT2D eigenvalue weighted by atomic mass is 32.2. The zero-order valence-electron chi connectivity index (χ0n) is 18.5. The second kappa shape index (κ2) is 9.87. The summed E-state index contributed by atoms with van der Waals surface area (Å²) in [5.74, 6) is 1.56. The van der Waals surface area contributed by atoms with E-state index in [0.717, 1.165) is 47.4 Å². The van der Waals surface area contributed by atoms with Gasteiger partial charge in [0.25, 0.3) is 11.1 Å². The maximum Gasteiger partial charge on any atom is 0.277 e. The lowest BCUT2D eigenvalue weighted by Crippen LogP contribution is -2.14. The van der Waals surface area contributed by atoms with E-state index in [9.17, 15) is 10.1 Å². The van der Waals surface area contributed by atoms with Crippen LogP contribution in [0, 0.1) is 17.2 Å². The zero-order chi connectivity index (χ0) is 23.5. The maximum absolute atomic E-state index is 12.5. The number of carbonyl (C=O) groups excluding carboxylic acids is 1. The number of fused-ring (bicyclic) bond motifs is 2. The minimum atomic E-state index is -0.208. The third kappa shape index (κ3) is 4.93. The van der Waals surface area contributed by atoms with Crippen LogP contribution in [0.1, 0.15) is 35.2 Å². The van der Waals surface area contributed by atoms with Crippen molar-refractivity contribution in [1.82, 2.24) is 10.2 Å². The summed E-state index contributed by atoms with van der Waals surface area (Å²) in [5.41, 5.74) is 1.71. The van der Waals surface area contributed by atoms with Crippen molar-refractivity contribution in [2.75, 3.05) is 11.1 Å². The molecule has 172 valence electrons. The highest BCUT2D eigenvalue weighted by molar-refractivity contribution is 7.99. The van der Waals surface area contributed by atoms with Gasteiger partial charge in [-0.1, -0.05) is 49.0 Å². The van der Waals surface area contributed by atoms with Crippen LogP contribution in [-0.2, 0) is 24.2 Å². The number of hydrogen-bond acceptors (Lipinski definition) is 8. The van der Waals surface area contributed by atoms with Crippen LogP contribution in [0.15, 0.2) is 52.1 Å². The van der Waals surface area contributed by atoms with Gasteiger partial charge in [-0.3, -0.25) is 4.79 Å². The molecular formula is C25H22N4O3S2. The SMILES string of the molecule is CC1CCc2c(sc(NC(=O)CSc3nnc(COc4ccc5ccccc5c4)o3)c2C#N)C1. The molecule has 9 heteroatoms. The number of aromatic nitrogens is 2. The number of rotatable bonds is 7. The van der Waals surface area contributed by atoms with Gasteiger partial charge in [-0.05, 0) is 53.6 Å². The Morgan fingerprint density at radius 2 is 2.15 bits per heavy atom. The first-order chi connectivity index (χ1) is 16.6. The molecule has 1 N–H and O–H groups in total. The monoisotopic (exact) mass is 490 g/mol. The molecule has 2 heterocycles. The molecule has 1 atom stereocenters. The maximum atomic E-state index is 12.5. The van der Waals surface area contributed by atoms with Gasteiger partial charge < -0.3 is 14.5 Å². The smallest absolute Gasteiger partial charge is 0.277 e. The first kappa shape index (κ1) is 22.4. The van der Waals surface area contributed by atoms with Gasteiger partial charge in [-0.15, -0.1) is 21.5 Å². The van der Waals surface area contributed by atoms with E-state index in [1.54, 1.807) is 0 Å². The second-order valence-electron chi connectivity index (χ2n) is 8.26. The second-order valence-corrected chi connectivity index (χ2v) is 10.3. The molecule has 2 aromatic carbocycles. The number of amides is 1. The minimum absolute atomic E-state index is 0.108. The van der Waals surface area contributed by atoms with Gasteiger partial charge >= 0.3 is 0 Å². The number of nitrogens with one attached hydrogen (secondary N) is 1. The van der Waals surface area contributed by atoms with Gasteiger partial charge in [-0.2, -0.15) is 5.26 Å². The van der Waals surface area contributed by atoms with E-state index >= 15 is 0 Å². The highest BCUT2D eigenvalue weighted by Crippen LogP contribution is 2.39. The average Bonchev–Trinajstić information content (AvgIpc) is 3.44. The van der Waals surface area contributed by atoms with Crippen molar-refractivity contribution in [2.24, 2.45) is 5.92 Å². The van der Waals surface area contributed by atoms with E-state index in [1.807, 2.05) is 42.5 Å². The summed E-state index contributed by atoms with van der Waals surface area (Å²) in [6, 6.07) is 16.2. The van der Waals surface area contributed by atoms with E-state index in [4.69, 9.17) is 9.15 Å². The van der Waals surface area contributed by atoms with Gasteiger partial charge in [0.05, 0.1) is 11.3 Å². The standard InChI is InChI=1S/C25H22N4O3S2/c1-15-6-9-19-20(12-26)24(34-21(19)10-15)27-22(30)14-33-25-29-28-23(32-25)13-31-18-8-7-16-4-2-3-5-17(16)11-18/h2-5,7-8,11,15H,6,9-10,13-14H2,1H3,(H,27,30). The molecule has 1 amide bonds. The Morgan fingerprint density at radius 3 is 3.00 bits per heavy atom. The Balaban J connectivity index is 1.15. The van der Waals surface area contributed by atoms with Crippen molar-refractivity contribution >= 4 is 44.8 Å². The third-order valence-electron chi connectivity index (χ3n) is 5.73. The topological polar surface area (TPSA) is 101 Å². The molecule has 0 radical (unpaired) electrons. The Labute approximate surface area is 205 Å². The van der Waals surface area contributed by atoms with E-state index < -0.39 is 0 Å². The summed E-state index contributed by atoms with van der Waals surface area (Å²) < 4.78 is 11.4. The molecule has 7 nitrogen and oxygen atoms in total. The Bertz CT molecular complexity index is 1390. The van der Waals surface area contributed by atoms with Gasteiger partial charge in [0.15, 0.2) is 6.61 Å². The fraction of sp³-hybridized carbons (Fsp3) is 0.280. The number of nitriles is 1. The molecular weight excluding hydrogens is 468 g/mol. The molecule has 2 aromatic heterocycles. The van der Waals surface area contributed by atoms with Crippen LogP contribution in [0.3, 0.4) is 0 Å². The normalized spacial score (nSPS) is 15.0. The molecule has 0 spiro atoms. The van der Waals surface area contributed by atoms with Crippen molar-refractivity contribution in [1.29, 1.82) is 5.26 Å². The fourth-order valence-electron chi connectivity index (χ4n) is 4.00. The van der Waals surface area contributed by atoms with Gasteiger partial charge in [0.2, 0.25) is 5.91 Å². The van der Waals surface area contributed by atoms with Crippen LogP contribution in [0.25, 0.3) is 10.8 Å². The summed E-state index contributed by atoms with van der Waals surface area (Å²) in [4.78, 5) is 13.7. The summed E-state index contributed by atoms with van der Waals surface area (Å²) in [7, 11) is 0. The van der Waals surface area contributed by atoms with Crippen molar-refractivity contribution in [3.63, 3.8) is 0 Å². The van der Waals surface area contributed by atoms with Gasteiger partial charge in [0, 0.05) is 4.88 Å². The lowest BCUT2D eigenvalue weighted by molar-refractivity contribution is -0.113. The lowest BCUT2D eigenvalue weighted by Gasteiger charge is -2.17. The molecule has 0 saturated carbocycles. The van der Waals surface area contributed by atoms with Gasteiger partial charge in [-0.25, -0.2) is 0 Å². The number of nitrogens with zero attached hydrogens (tertiary/aromatic N) is 3. The number of hydrogen-bond donors (Lipinski definition) is 1. The number of thiophene rings is 1. The van der Waals surface area contributed by atoms with Gasteiger partial charge in [0.1, 0.15) is 16.8 Å². The molecule has 4 aromatic rings. The zero-order valence-corrected chi connectivity index (χ0v) is 20.2. The number of carbonyl (C=O) groups is 1. The molecule has 0 fully saturated rings. The predicted octanol–water partition coefficient (Wildman–Crippen LogP) is 5.59. The van der Waals surface area contributed by atoms with Crippen LogP contribution in [0.2, 0.25) is 0 Å². The van der Waals surface area contributed by atoms with Crippen molar-refractivity contribution in [3.05, 3.63) is 64.4 Å². The first-order valence-electron chi connectivity index (χ1n) is 11.0. The Morgan fingerprint density at radius 1 is 1.29 bits per heavy atom. The molecule has 1 aliphatic rings. The average molecular weight is 491 g/mol. The van der Waals surface area contributed by atoms with Crippen LogP contribution >= 0.6 is 23.1 Å². The fourth-order valence-corrected chi connectivity index (χ4v) is 5.96. The number of anilines is 1. The van der Waals surface area contributed by atoms with Crippen LogP contribution in [0.5, 0.6) is 5.75 Å². The van der Waals surface area contributed by atoms with Crippen molar-refractivity contribution in [2.45, 2.75) is 38.0 Å². The molecule has 5 rings (SSSR count). The van der Waals surface area contributed by atoms with Crippen molar-refractivity contribution in [3.8, 4) is 11.8 Å². The quantitative estimate of drug-likeness (QED) is 0.337. The third-order valence-corrected chi connectivity index (χ3v) is 7.72. The lowest BCUT2D eigenvalue weighted by atomic mass is 9.89. The van der Waals surface area contributed by atoms with E-state index in [-0.39, 0.29) is 18.3 Å². The van der Waals surface area contributed by atoms with Crippen LogP contribution in [-0.4, -0.2) is 21.9 Å². The Kier molecular flexibility index (Phi) is 6.52. The Hall–Kier alpha value is -3.35. The molecule has 1 aliphatic carbocycles.